The first-order valence-corrected chi connectivity index (χ1v) is 4.97. The van der Waals surface area contributed by atoms with Crippen molar-refractivity contribution in [3.05, 3.63) is 0 Å². The van der Waals surface area contributed by atoms with Crippen molar-refractivity contribution in [1.29, 1.82) is 0 Å². The zero-order chi connectivity index (χ0) is 7.90. The van der Waals surface area contributed by atoms with E-state index in [-0.39, 0.29) is 0 Å². The number of rotatable bonds is 2. The van der Waals surface area contributed by atoms with Crippen LogP contribution in [0.15, 0.2) is 0 Å². The Hall–Kier alpha value is -0.0400. The largest absolute Gasteiger partial charge is 0.330 e. The first kappa shape index (κ1) is 7.60. The van der Waals surface area contributed by atoms with Crippen molar-refractivity contribution in [2.75, 3.05) is 6.54 Å². The molecule has 0 bridgehead atoms. The minimum Gasteiger partial charge on any atom is -0.330 e. The molecule has 0 spiro atoms. The highest BCUT2D eigenvalue weighted by molar-refractivity contribution is 4.99. The van der Waals surface area contributed by atoms with Gasteiger partial charge in [-0.1, -0.05) is 13.3 Å². The quantitative estimate of drug-likeness (QED) is 0.646. The van der Waals surface area contributed by atoms with E-state index < -0.39 is 0 Å². The molecule has 0 radical (unpaired) electrons. The minimum atomic E-state index is 0.609. The third-order valence-corrected chi connectivity index (χ3v) is 3.89. The molecule has 2 aliphatic carbocycles. The molecule has 0 aromatic rings. The molecule has 1 heteroatoms. The molecule has 11 heavy (non-hydrogen) atoms. The molecular weight excluding hydrogens is 134 g/mol. The normalized spacial score (nSPS) is 44.7. The monoisotopic (exact) mass is 153 g/mol. The molecule has 0 aliphatic heterocycles. The highest BCUT2D eigenvalue weighted by atomic mass is 14.7. The van der Waals surface area contributed by atoms with Gasteiger partial charge in [-0.05, 0) is 49.5 Å². The van der Waals surface area contributed by atoms with Crippen LogP contribution in [0.5, 0.6) is 0 Å². The van der Waals surface area contributed by atoms with Crippen LogP contribution in [0, 0.1) is 17.3 Å². The van der Waals surface area contributed by atoms with Crippen LogP contribution in [-0.4, -0.2) is 6.54 Å². The van der Waals surface area contributed by atoms with Crippen LogP contribution < -0.4 is 5.73 Å². The van der Waals surface area contributed by atoms with Gasteiger partial charge in [-0.3, -0.25) is 0 Å². The van der Waals surface area contributed by atoms with Crippen LogP contribution in [-0.2, 0) is 0 Å². The van der Waals surface area contributed by atoms with E-state index in [9.17, 15) is 0 Å². The second-order valence-corrected chi connectivity index (χ2v) is 4.71. The summed E-state index contributed by atoms with van der Waals surface area (Å²) in [6, 6.07) is 0. The lowest BCUT2D eigenvalue weighted by molar-refractivity contribution is -0.0285. The van der Waals surface area contributed by atoms with Gasteiger partial charge in [0.05, 0.1) is 0 Å². The zero-order valence-corrected chi connectivity index (χ0v) is 7.47. The van der Waals surface area contributed by atoms with Gasteiger partial charge < -0.3 is 5.73 Å². The Kier molecular flexibility index (Phi) is 1.71. The number of hydrogen-bond acceptors (Lipinski definition) is 1. The van der Waals surface area contributed by atoms with E-state index in [0.29, 0.717) is 5.41 Å². The molecule has 0 aromatic heterocycles. The zero-order valence-electron chi connectivity index (χ0n) is 7.47. The van der Waals surface area contributed by atoms with Crippen molar-refractivity contribution in [3.63, 3.8) is 0 Å². The molecule has 0 amide bonds. The Morgan fingerprint density at radius 2 is 2.00 bits per heavy atom. The van der Waals surface area contributed by atoms with Crippen molar-refractivity contribution >= 4 is 0 Å². The van der Waals surface area contributed by atoms with Gasteiger partial charge in [-0.25, -0.2) is 0 Å². The van der Waals surface area contributed by atoms with Gasteiger partial charge in [-0.2, -0.15) is 0 Å². The lowest BCUT2D eigenvalue weighted by Gasteiger charge is -2.54. The molecule has 1 nitrogen and oxygen atoms in total. The van der Waals surface area contributed by atoms with E-state index in [2.05, 4.69) is 6.92 Å². The molecular formula is C10H19N. The molecule has 0 saturated heterocycles. The highest BCUT2D eigenvalue weighted by Gasteiger charge is 2.48. The Morgan fingerprint density at radius 1 is 1.36 bits per heavy atom. The molecule has 64 valence electrons. The van der Waals surface area contributed by atoms with Gasteiger partial charge in [0.1, 0.15) is 0 Å². The third-order valence-electron chi connectivity index (χ3n) is 3.89. The smallest absolute Gasteiger partial charge is 0.00177 e. The summed E-state index contributed by atoms with van der Waals surface area (Å²) in [7, 11) is 0. The van der Waals surface area contributed by atoms with Crippen molar-refractivity contribution in [1.82, 2.24) is 0 Å². The molecule has 2 saturated carbocycles. The van der Waals surface area contributed by atoms with E-state index in [1.165, 1.54) is 32.1 Å². The lowest BCUT2D eigenvalue weighted by Crippen LogP contribution is -2.49. The fraction of sp³-hybridized carbons (Fsp3) is 1.00. The van der Waals surface area contributed by atoms with Gasteiger partial charge in [-0.15, -0.1) is 0 Å². The average Bonchev–Trinajstić information content (AvgIpc) is 1.79. The van der Waals surface area contributed by atoms with Crippen molar-refractivity contribution in [2.24, 2.45) is 23.0 Å². The van der Waals surface area contributed by atoms with E-state index in [1.54, 1.807) is 0 Å². The number of hydrogen-bond donors (Lipinski definition) is 1. The van der Waals surface area contributed by atoms with E-state index in [4.69, 9.17) is 5.73 Å². The summed E-state index contributed by atoms with van der Waals surface area (Å²) < 4.78 is 0. The third kappa shape index (κ3) is 1.01. The van der Waals surface area contributed by atoms with Crippen LogP contribution in [0.4, 0.5) is 0 Å². The Morgan fingerprint density at radius 3 is 2.27 bits per heavy atom. The summed E-state index contributed by atoms with van der Waals surface area (Å²) in [5.41, 5.74) is 6.45. The van der Waals surface area contributed by atoms with Gasteiger partial charge in [0.2, 0.25) is 0 Å². The van der Waals surface area contributed by atoms with E-state index >= 15 is 0 Å². The summed E-state index contributed by atoms with van der Waals surface area (Å²) >= 11 is 0. The summed E-state index contributed by atoms with van der Waals surface area (Å²) in [5, 5.41) is 0. The van der Waals surface area contributed by atoms with E-state index in [1.807, 2.05) is 0 Å². The number of nitrogens with two attached hydrogens (primary N) is 1. The average molecular weight is 153 g/mol. The van der Waals surface area contributed by atoms with Crippen LogP contribution in [0.1, 0.15) is 39.0 Å². The maximum Gasteiger partial charge on any atom is -0.00177 e. The van der Waals surface area contributed by atoms with Gasteiger partial charge in [0, 0.05) is 0 Å². The van der Waals surface area contributed by atoms with Crippen molar-refractivity contribution < 1.29 is 0 Å². The summed E-state index contributed by atoms with van der Waals surface area (Å²) in [4.78, 5) is 0. The van der Waals surface area contributed by atoms with Crippen molar-refractivity contribution in [3.8, 4) is 0 Å². The van der Waals surface area contributed by atoms with Gasteiger partial charge >= 0.3 is 0 Å². The molecule has 0 heterocycles. The Balaban J connectivity index is 1.95. The molecule has 2 fully saturated rings. The highest BCUT2D eigenvalue weighted by Crippen LogP contribution is 2.56. The van der Waals surface area contributed by atoms with Crippen LogP contribution in [0.2, 0.25) is 0 Å². The molecule has 0 aromatic carbocycles. The first-order chi connectivity index (χ1) is 5.27. The summed E-state index contributed by atoms with van der Waals surface area (Å²) in [6.45, 7) is 3.30. The van der Waals surface area contributed by atoms with Gasteiger partial charge in [0.25, 0.3) is 0 Å². The second-order valence-electron chi connectivity index (χ2n) is 4.71. The van der Waals surface area contributed by atoms with Crippen LogP contribution in [0.25, 0.3) is 0 Å². The second kappa shape index (κ2) is 2.48. The Labute approximate surface area is 69.4 Å². The molecule has 2 aliphatic rings. The first-order valence-electron chi connectivity index (χ1n) is 4.97. The standard InChI is InChI=1S/C10H19N/c1-8-5-10(6-8,7-11)9-3-2-4-9/h8-9H,2-7,11H2,1H3. The Bertz CT molecular complexity index is 143. The van der Waals surface area contributed by atoms with Crippen LogP contribution >= 0.6 is 0 Å². The maximum atomic E-state index is 5.84. The molecule has 0 unspecified atom stereocenters. The fourth-order valence-corrected chi connectivity index (χ4v) is 3.02. The minimum absolute atomic E-state index is 0.609. The van der Waals surface area contributed by atoms with E-state index in [0.717, 1.165) is 18.4 Å². The summed E-state index contributed by atoms with van der Waals surface area (Å²) in [5.74, 6) is 1.96. The maximum absolute atomic E-state index is 5.84. The topological polar surface area (TPSA) is 26.0 Å². The predicted octanol–water partition coefficient (Wildman–Crippen LogP) is 2.16. The predicted molar refractivity (Wildman–Crippen MR) is 47.2 cm³/mol. The SMILES string of the molecule is CC1CC(CN)(C2CCC2)C1. The fourth-order valence-electron chi connectivity index (χ4n) is 3.02. The molecule has 0 atom stereocenters. The van der Waals surface area contributed by atoms with Crippen molar-refractivity contribution in [2.45, 2.75) is 39.0 Å². The van der Waals surface area contributed by atoms with Gasteiger partial charge in [0.15, 0.2) is 0 Å². The molecule has 2 N–H and O–H groups in total. The summed E-state index contributed by atoms with van der Waals surface area (Å²) in [6.07, 6.45) is 7.21. The molecule has 2 rings (SSSR count). The lowest BCUT2D eigenvalue weighted by atomic mass is 9.52. The van der Waals surface area contributed by atoms with Crippen LogP contribution in [0.3, 0.4) is 0 Å².